The van der Waals surface area contributed by atoms with Crippen LogP contribution in [0, 0.1) is 0 Å². The molecule has 0 bridgehead atoms. The molecule has 0 saturated heterocycles. The van der Waals surface area contributed by atoms with Crippen LogP contribution in [0.4, 0.5) is 13.2 Å². The Labute approximate surface area is 141 Å². The third-order valence-electron chi connectivity index (χ3n) is 3.09. The summed E-state index contributed by atoms with van der Waals surface area (Å²) in [5.74, 6) is -1.11. The van der Waals surface area contributed by atoms with Crippen LogP contribution in [0.3, 0.4) is 0 Å². The highest BCUT2D eigenvalue weighted by Crippen LogP contribution is 2.22. The zero-order valence-corrected chi connectivity index (χ0v) is 12.9. The molecule has 0 fully saturated rings. The van der Waals surface area contributed by atoms with Gasteiger partial charge in [0.25, 0.3) is 5.91 Å². The summed E-state index contributed by atoms with van der Waals surface area (Å²) in [6.07, 6.45) is -1.69. The van der Waals surface area contributed by atoms with Crippen LogP contribution in [-0.2, 0) is 11.2 Å². The molecule has 2 aromatic rings. The maximum absolute atomic E-state index is 12.0. The van der Waals surface area contributed by atoms with Gasteiger partial charge in [0.1, 0.15) is 12.0 Å². The summed E-state index contributed by atoms with van der Waals surface area (Å²) in [6, 6.07) is 6.84. The number of carbonyl (C=O) groups excluding carboxylic acids is 2. The van der Waals surface area contributed by atoms with Gasteiger partial charge in [0.05, 0.1) is 18.4 Å². The van der Waals surface area contributed by atoms with Gasteiger partial charge in [-0.2, -0.15) is 0 Å². The number of amides is 2. The van der Waals surface area contributed by atoms with Crippen molar-refractivity contribution in [3.8, 4) is 5.75 Å². The van der Waals surface area contributed by atoms with Gasteiger partial charge in [-0.05, 0) is 30.2 Å². The zero-order chi connectivity index (χ0) is 18.3. The molecule has 2 N–H and O–H groups in total. The molecule has 0 radical (unpaired) electrons. The fourth-order valence-electron chi connectivity index (χ4n) is 1.92. The quantitative estimate of drug-likeness (QED) is 0.798. The fraction of sp³-hybridized carbons (Fsp3) is 0.250. The van der Waals surface area contributed by atoms with Crippen molar-refractivity contribution in [1.82, 2.24) is 10.6 Å². The van der Waals surface area contributed by atoms with E-state index in [2.05, 4.69) is 15.4 Å². The summed E-state index contributed by atoms with van der Waals surface area (Å²) in [5, 5.41) is 5.02. The average molecular weight is 356 g/mol. The van der Waals surface area contributed by atoms with E-state index in [4.69, 9.17) is 4.42 Å². The van der Waals surface area contributed by atoms with E-state index in [1.807, 2.05) is 0 Å². The van der Waals surface area contributed by atoms with Crippen molar-refractivity contribution in [3.63, 3.8) is 0 Å². The molecule has 25 heavy (non-hydrogen) atoms. The van der Waals surface area contributed by atoms with Gasteiger partial charge in [-0.25, -0.2) is 0 Å². The van der Waals surface area contributed by atoms with Gasteiger partial charge >= 0.3 is 6.36 Å². The molecule has 134 valence electrons. The molecular formula is C16H15F3N2O4. The zero-order valence-electron chi connectivity index (χ0n) is 12.9. The number of ether oxygens (including phenoxy) is 1. The van der Waals surface area contributed by atoms with Gasteiger partial charge in [0.15, 0.2) is 0 Å². The van der Waals surface area contributed by atoms with Crippen molar-refractivity contribution in [1.29, 1.82) is 0 Å². The molecule has 0 atom stereocenters. The number of nitrogens with one attached hydrogen (secondary N) is 2. The lowest BCUT2D eigenvalue weighted by Gasteiger charge is -2.09. The lowest BCUT2D eigenvalue weighted by atomic mass is 10.1. The van der Waals surface area contributed by atoms with E-state index in [1.165, 1.54) is 42.9 Å². The first-order chi connectivity index (χ1) is 11.8. The number of furan rings is 1. The minimum Gasteiger partial charge on any atom is -0.472 e. The second-order valence-electron chi connectivity index (χ2n) is 4.99. The monoisotopic (exact) mass is 356 g/mol. The summed E-state index contributed by atoms with van der Waals surface area (Å²) in [4.78, 5) is 23.2. The Balaban J connectivity index is 1.68. The number of hydrogen-bond acceptors (Lipinski definition) is 4. The summed E-state index contributed by atoms with van der Waals surface area (Å²) in [6.45, 7) is 0.0856. The molecule has 1 aromatic heterocycles. The van der Waals surface area contributed by atoms with Crippen LogP contribution in [0.2, 0.25) is 0 Å². The first-order valence-corrected chi connectivity index (χ1v) is 7.25. The number of halogens is 3. The molecule has 0 unspecified atom stereocenters. The molecule has 1 aromatic carbocycles. The minimum absolute atomic E-state index is 0.192. The number of hydrogen-bond donors (Lipinski definition) is 2. The molecule has 0 aliphatic rings. The number of rotatable bonds is 7. The van der Waals surface area contributed by atoms with E-state index >= 15 is 0 Å². The van der Waals surface area contributed by atoms with Crippen LogP contribution in [0.25, 0.3) is 0 Å². The Hall–Kier alpha value is -2.97. The maximum Gasteiger partial charge on any atom is 0.573 e. The van der Waals surface area contributed by atoms with Crippen molar-refractivity contribution in [2.75, 3.05) is 13.1 Å². The van der Waals surface area contributed by atoms with Crippen LogP contribution >= 0.6 is 0 Å². The van der Waals surface area contributed by atoms with Crippen molar-refractivity contribution >= 4 is 11.8 Å². The van der Waals surface area contributed by atoms with Gasteiger partial charge in [0.2, 0.25) is 5.91 Å². The van der Waals surface area contributed by atoms with Crippen molar-refractivity contribution in [2.24, 2.45) is 0 Å². The molecule has 0 saturated carbocycles. The van der Waals surface area contributed by atoms with Crippen molar-refractivity contribution < 1.29 is 31.9 Å². The fourth-order valence-corrected chi connectivity index (χ4v) is 1.92. The van der Waals surface area contributed by atoms with Gasteiger partial charge in [0, 0.05) is 6.54 Å². The van der Waals surface area contributed by atoms with Gasteiger partial charge in [-0.3, -0.25) is 9.59 Å². The topological polar surface area (TPSA) is 80.6 Å². The predicted octanol–water partition coefficient (Wildman–Crippen LogP) is 2.27. The average Bonchev–Trinajstić information content (AvgIpc) is 3.07. The molecule has 1 heterocycles. The molecule has 2 amide bonds. The lowest BCUT2D eigenvalue weighted by Crippen LogP contribution is -2.37. The molecule has 0 spiro atoms. The Morgan fingerprint density at radius 3 is 2.40 bits per heavy atom. The molecule has 9 heteroatoms. The molecule has 6 nitrogen and oxygen atoms in total. The highest BCUT2D eigenvalue weighted by Gasteiger charge is 2.30. The first-order valence-electron chi connectivity index (χ1n) is 7.25. The highest BCUT2D eigenvalue weighted by molar-refractivity contribution is 5.96. The summed E-state index contributed by atoms with van der Waals surface area (Å²) >= 11 is 0. The van der Waals surface area contributed by atoms with E-state index in [-0.39, 0.29) is 24.7 Å². The van der Waals surface area contributed by atoms with Gasteiger partial charge in [-0.15, -0.1) is 13.2 Å². The molecule has 2 rings (SSSR count). The standard InChI is InChI=1S/C16H15F3N2O4/c17-16(18,19)25-13-3-1-11(2-4-13)5-7-20-14(22)9-21-15(23)12-6-8-24-10-12/h1-4,6,8,10H,5,7,9H2,(H,20,22)(H,21,23). The van der Waals surface area contributed by atoms with E-state index in [9.17, 15) is 22.8 Å². The number of benzene rings is 1. The molecule has 0 aliphatic carbocycles. The smallest absolute Gasteiger partial charge is 0.472 e. The van der Waals surface area contributed by atoms with Crippen LogP contribution < -0.4 is 15.4 Å². The van der Waals surface area contributed by atoms with Crippen molar-refractivity contribution in [2.45, 2.75) is 12.8 Å². The van der Waals surface area contributed by atoms with Crippen LogP contribution in [0.5, 0.6) is 5.75 Å². The maximum atomic E-state index is 12.0. The predicted molar refractivity (Wildman–Crippen MR) is 80.9 cm³/mol. The van der Waals surface area contributed by atoms with E-state index < -0.39 is 12.3 Å². The van der Waals surface area contributed by atoms with Crippen LogP contribution in [0.15, 0.2) is 47.3 Å². The Kier molecular flexibility index (Phi) is 6.04. The lowest BCUT2D eigenvalue weighted by molar-refractivity contribution is -0.274. The van der Waals surface area contributed by atoms with Gasteiger partial charge < -0.3 is 19.8 Å². The second kappa shape index (κ2) is 8.22. The second-order valence-corrected chi connectivity index (χ2v) is 4.99. The third-order valence-corrected chi connectivity index (χ3v) is 3.09. The Morgan fingerprint density at radius 2 is 1.80 bits per heavy atom. The third kappa shape index (κ3) is 6.58. The summed E-state index contributed by atoms with van der Waals surface area (Å²) < 4.78 is 44.7. The van der Waals surface area contributed by atoms with E-state index in [1.54, 1.807) is 0 Å². The number of alkyl halides is 3. The normalized spacial score (nSPS) is 11.0. The summed E-state index contributed by atoms with van der Waals surface area (Å²) in [5.41, 5.74) is 1.05. The highest BCUT2D eigenvalue weighted by atomic mass is 19.4. The van der Waals surface area contributed by atoms with Crippen molar-refractivity contribution in [3.05, 3.63) is 54.0 Å². The Morgan fingerprint density at radius 1 is 1.08 bits per heavy atom. The van der Waals surface area contributed by atoms with Gasteiger partial charge in [-0.1, -0.05) is 12.1 Å². The minimum atomic E-state index is -4.73. The molecule has 0 aliphatic heterocycles. The SMILES string of the molecule is O=C(CNC(=O)c1ccoc1)NCCc1ccc(OC(F)(F)F)cc1. The Bertz CT molecular complexity index is 697. The van der Waals surface area contributed by atoms with Crippen LogP contribution in [0.1, 0.15) is 15.9 Å². The number of carbonyl (C=O) groups is 2. The molecular weight excluding hydrogens is 341 g/mol. The summed E-state index contributed by atoms with van der Waals surface area (Å²) in [7, 11) is 0. The van der Waals surface area contributed by atoms with E-state index in [0.29, 0.717) is 12.0 Å². The van der Waals surface area contributed by atoms with Crippen LogP contribution in [-0.4, -0.2) is 31.3 Å². The first kappa shape index (κ1) is 18.4. The van der Waals surface area contributed by atoms with E-state index in [0.717, 1.165) is 5.56 Å². The largest absolute Gasteiger partial charge is 0.573 e.